The molecular weight excluding hydrogens is 152 g/mol. The molecule has 1 rings (SSSR count). The van der Waals surface area contributed by atoms with Crippen LogP contribution in [0.4, 0.5) is 0 Å². The molecule has 0 spiro atoms. The van der Waals surface area contributed by atoms with Gasteiger partial charge in [0.1, 0.15) is 12.2 Å². The monoisotopic (exact) mass is 162 g/mol. The normalized spacial score (nSPS) is 37.4. The van der Waals surface area contributed by atoms with Gasteiger partial charge in [0.15, 0.2) is 6.10 Å². The van der Waals surface area contributed by atoms with Gasteiger partial charge in [-0.2, -0.15) is 0 Å². The number of rotatable bonds is 2. The van der Waals surface area contributed by atoms with Crippen molar-refractivity contribution in [1.29, 1.82) is 0 Å². The van der Waals surface area contributed by atoms with Gasteiger partial charge < -0.3 is 20.1 Å². The van der Waals surface area contributed by atoms with Crippen molar-refractivity contribution in [2.45, 2.75) is 24.7 Å². The van der Waals surface area contributed by atoms with Gasteiger partial charge in [-0.3, -0.25) is 0 Å². The Morgan fingerprint density at radius 3 is 2.45 bits per heavy atom. The first-order valence-corrected chi connectivity index (χ1v) is 3.34. The zero-order chi connectivity index (χ0) is 8.43. The molecular formula is C6H10O5. The van der Waals surface area contributed by atoms with E-state index in [1.807, 2.05) is 0 Å². The summed E-state index contributed by atoms with van der Waals surface area (Å²) in [7, 11) is 0. The largest absolute Gasteiger partial charge is 0.457 e. The van der Waals surface area contributed by atoms with E-state index in [1.165, 1.54) is 0 Å². The van der Waals surface area contributed by atoms with Gasteiger partial charge in [-0.25, -0.2) is 4.79 Å². The molecule has 1 aliphatic rings. The third-order valence-corrected chi connectivity index (χ3v) is 1.63. The molecule has 0 aromatic rings. The van der Waals surface area contributed by atoms with Gasteiger partial charge in [0.25, 0.3) is 0 Å². The van der Waals surface area contributed by atoms with Crippen molar-refractivity contribution in [2.75, 3.05) is 6.61 Å². The van der Waals surface area contributed by atoms with Crippen LogP contribution in [0.2, 0.25) is 0 Å². The number of ether oxygens (including phenoxy) is 1. The Balaban J connectivity index is 2.52. The molecule has 1 saturated heterocycles. The maximum Gasteiger partial charge on any atom is 0.338 e. The van der Waals surface area contributed by atoms with E-state index in [1.54, 1.807) is 0 Å². The van der Waals surface area contributed by atoms with Crippen LogP contribution in [-0.2, 0) is 9.53 Å². The molecule has 3 atom stereocenters. The molecule has 1 fully saturated rings. The molecule has 5 nitrogen and oxygen atoms in total. The van der Waals surface area contributed by atoms with E-state index >= 15 is 0 Å². The van der Waals surface area contributed by atoms with E-state index in [4.69, 9.17) is 15.3 Å². The number of carbonyl (C=O) groups is 1. The molecule has 11 heavy (non-hydrogen) atoms. The average molecular weight is 162 g/mol. The van der Waals surface area contributed by atoms with Crippen LogP contribution in [0.3, 0.4) is 0 Å². The highest BCUT2D eigenvalue weighted by molar-refractivity contribution is 5.77. The Morgan fingerprint density at radius 1 is 1.45 bits per heavy atom. The van der Waals surface area contributed by atoms with Crippen LogP contribution in [0.5, 0.6) is 0 Å². The average Bonchev–Trinajstić information content (AvgIpc) is 2.19. The van der Waals surface area contributed by atoms with Crippen LogP contribution in [-0.4, -0.2) is 46.2 Å². The van der Waals surface area contributed by atoms with Crippen LogP contribution in [0.1, 0.15) is 6.42 Å². The molecule has 0 aromatic heterocycles. The second-order valence-electron chi connectivity index (χ2n) is 2.42. The van der Waals surface area contributed by atoms with Gasteiger partial charge in [0, 0.05) is 13.0 Å². The number of carbonyl (C=O) groups excluding carboxylic acids is 1. The summed E-state index contributed by atoms with van der Waals surface area (Å²) in [5, 5.41) is 26.3. The minimum absolute atomic E-state index is 0.157. The first kappa shape index (κ1) is 8.45. The highest BCUT2D eigenvalue weighted by atomic mass is 16.6. The highest BCUT2D eigenvalue weighted by Gasteiger charge is 2.41. The summed E-state index contributed by atoms with van der Waals surface area (Å²) in [6.45, 7) is -0.179. The van der Waals surface area contributed by atoms with Gasteiger partial charge in [0.2, 0.25) is 0 Å². The van der Waals surface area contributed by atoms with E-state index in [0.717, 1.165) is 0 Å². The van der Waals surface area contributed by atoms with Crippen molar-refractivity contribution in [2.24, 2.45) is 0 Å². The molecule has 0 amide bonds. The smallest absolute Gasteiger partial charge is 0.338 e. The minimum Gasteiger partial charge on any atom is -0.457 e. The Kier molecular flexibility index (Phi) is 2.43. The predicted molar refractivity (Wildman–Crippen MR) is 33.6 cm³/mol. The Bertz CT molecular complexity index is 157. The summed E-state index contributed by atoms with van der Waals surface area (Å²) >= 11 is 0. The number of cyclic esters (lactones) is 1. The molecule has 0 aromatic carbocycles. The summed E-state index contributed by atoms with van der Waals surface area (Å²) in [6.07, 6.45) is -3.26. The Hall–Kier alpha value is -0.650. The second-order valence-corrected chi connectivity index (χ2v) is 2.42. The fourth-order valence-electron chi connectivity index (χ4n) is 0.988. The number of hydrogen-bond donors (Lipinski definition) is 3. The van der Waals surface area contributed by atoms with Crippen LogP contribution in [0.25, 0.3) is 0 Å². The zero-order valence-electron chi connectivity index (χ0n) is 5.80. The summed E-state index contributed by atoms with van der Waals surface area (Å²) in [6, 6.07) is 0. The molecule has 1 heterocycles. The van der Waals surface area contributed by atoms with E-state index in [9.17, 15) is 4.79 Å². The van der Waals surface area contributed by atoms with Crippen molar-refractivity contribution < 1.29 is 24.9 Å². The lowest BCUT2D eigenvalue weighted by Crippen LogP contribution is -2.31. The lowest BCUT2D eigenvalue weighted by molar-refractivity contribution is -0.147. The highest BCUT2D eigenvalue weighted by Crippen LogP contribution is 2.17. The fourth-order valence-corrected chi connectivity index (χ4v) is 0.988. The quantitative estimate of drug-likeness (QED) is 0.409. The van der Waals surface area contributed by atoms with Crippen molar-refractivity contribution in [3.05, 3.63) is 0 Å². The topological polar surface area (TPSA) is 87.0 Å². The molecule has 64 valence electrons. The van der Waals surface area contributed by atoms with Crippen molar-refractivity contribution in [3.63, 3.8) is 0 Å². The number of esters is 1. The summed E-state index contributed by atoms with van der Waals surface area (Å²) in [5.41, 5.74) is 0. The summed E-state index contributed by atoms with van der Waals surface area (Å²) in [4.78, 5) is 10.6. The van der Waals surface area contributed by atoms with Crippen molar-refractivity contribution in [1.82, 2.24) is 0 Å². The van der Waals surface area contributed by atoms with E-state index in [-0.39, 0.29) is 13.0 Å². The summed E-state index contributed by atoms with van der Waals surface area (Å²) < 4.78 is 4.53. The van der Waals surface area contributed by atoms with E-state index < -0.39 is 24.3 Å². The third-order valence-electron chi connectivity index (χ3n) is 1.63. The van der Waals surface area contributed by atoms with Crippen LogP contribution in [0.15, 0.2) is 0 Å². The molecule has 0 bridgehead atoms. The van der Waals surface area contributed by atoms with Gasteiger partial charge in [-0.1, -0.05) is 0 Å². The molecule has 3 unspecified atom stereocenters. The van der Waals surface area contributed by atoms with E-state index in [2.05, 4.69) is 4.74 Å². The van der Waals surface area contributed by atoms with Gasteiger partial charge in [-0.05, 0) is 0 Å². The van der Waals surface area contributed by atoms with Gasteiger partial charge in [-0.15, -0.1) is 0 Å². The Labute approximate surface area is 63.2 Å². The third kappa shape index (κ3) is 1.50. The Morgan fingerprint density at radius 2 is 2.09 bits per heavy atom. The lowest BCUT2D eigenvalue weighted by atomic mass is 10.1. The molecule has 5 heteroatoms. The first-order chi connectivity index (χ1) is 5.16. The second kappa shape index (κ2) is 3.17. The predicted octanol–water partition coefficient (Wildman–Crippen LogP) is -1.98. The zero-order valence-corrected chi connectivity index (χ0v) is 5.80. The molecule has 0 saturated carbocycles. The molecule has 0 aliphatic carbocycles. The summed E-state index contributed by atoms with van der Waals surface area (Å²) in [5.74, 6) is -0.823. The van der Waals surface area contributed by atoms with Crippen LogP contribution in [0, 0.1) is 0 Å². The van der Waals surface area contributed by atoms with Crippen LogP contribution < -0.4 is 0 Å². The fraction of sp³-hybridized carbons (Fsp3) is 0.833. The van der Waals surface area contributed by atoms with E-state index in [0.29, 0.717) is 0 Å². The molecule has 3 N–H and O–H groups in total. The molecule has 1 aliphatic heterocycles. The number of aliphatic hydroxyl groups is 3. The SMILES string of the molecule is O=C1OC(CCO)C(O)C1O. The number of aliphatic hydroxyl groups excluding tert-OH is 3. The minimum atomic E-state index is -1.45. The van der Waals surface area contributed by atoms with Crippen LogP contribution >= 0.6 is 0 Å². The lowest BCUT2D eigenvalue weighted by Gasteiger charge is -2.10. The first-order valence-electron chi connectivity index (χ1n) is 3.34. The van der Waals surface area contributed by atoms with Gasteiger partial charge >= 0.3 is 5.97 Å². The van der Waals surface area contributed by atoms with Crippen molar-refractivity contribution >= 4 is 5.97 Å². The number of hydrogen-bond acceptors (Lipinski definition) is 5. The molecule has 0 radical (unpaired) electrons. The standard InChI is InChI=1S/C6H10O5/c7-2-1-3-4(8)5(9)6(10)11-3/h3-5,7-9H,1-2H2. The van der Waals surface area contributed by atoms with Crippen molar-refractivity contribution in [3.8, 4) is 0 Å². The maximum absolute atomic E-state index is 10.6. The van der Waals surface area contributed by atoms with Gasteiger partial charge in [0.05, 0.1) is 0 Å². The maximum atomic E-state index is 10.6.